The Bertz CT molecular complexity index is 573. The molecule has 6 heteroatoms. The highest BCUT2D eigenvalue weighted by Gasteiger charge is 2.14. The van der Waals surface area contributed by atoms with E-state index in [4.69, 9.17) is 14.5 Å². The molecule has 1 fully saturated rings. The van der Waals surface area contributed by atoms with Gasteiger partial charge in [-0.15, -0.1) is 0 Å². The zero-order valence-corrected chi connectivity index (χ0v) is 17.9. The maximum atomic E-state index is 5.50. The maximum Gasteiger partial charge on any atom is 0.191 e. The van der Waals surface area contributed by atoms with Gasteiger partial charge in [0, 0.05) is 45.6 Å². The molecule has 0 bridgehead atoms. The van der Waals surface area contributed by atoms with Gasteiger partial charge in [-0.25, -0.2) is 0 Å². The van der Waals surface area contributed by atoms with Gasteiger partial charge >= 0.3 is 0 Å². The number of rotatable bonds is 12. The van der Waals surface area contributed by atoms with Crippen LogP contribution in [0.5, 0.6) is 0 Å². The predicted molar refractivity (Wildman–Crippen MR) is 117 cm³/mol. The second-order valence-corrected chi connectivity index (χ2v) is 7.23. The Kier molecular flexibility index (Phi) is 10.8. The van der Waals surface area contributed by atoms with Crippen molar-refractivity contribution in [2.45, 2.75) is 45.6 Å². The van der Waals surface area contributed by atoms with Gasteiger partial charge in [0.05, 0.1) is 19.3 Å². The van der Waals surface area contributed by atoms with Crippen LogP contribution < -0.4 is 15.5 Å². The summed E-state index contributed by atoms with van der Waals surface area (Å²) in [6.07, 6.45) is 4.63. The first-order valence-corrected chi connectivity index (χ1v) is 10.7. The van der Waals surface area contributed by atoms with Gasteiger partial charge in [0.25, 0.3) is 0 Å². The lowest BCUT2D eigenvalue weighted by Gasteiger charge is -2.22. The highest BCUT2D eigenvalue weighted by molar-refractivity contribution is 5.80. The van der Waals surface area contributed by atoms with Crippen molar-refractivity contribution in [2.75, 3.05) is 58.0 Å². The topological polar surface area (TPSA) is 58.1 Å². The minimum absolute atomic E-state index is 0.206. The van der Waals surface area contributed by atoms with Crippen molar-refractivity contribution in [3.8, 4) is 0 Å². The van der Waals surface area contributed by atoms with Crippen LogP contribution in [-0.4, -0.2) is 59.1 Å². The molecule has 0 spiro atoms. The average molecular weight is 391 g/mol. The van der Waals surface area contributed by atoms with Crippen LogP contribution in [0.4, 0.5) is 5.69 Å². The summed E-state index contributed by atoms with van der Waals surface area (Å²) in [6, 6.07) is 9.09. The van der Waals surface area contributed by atoms with Crippen LogP contribution in [0.2, 0.25) is 0 Å². The van der Waals surface area contributed by atoms with Gasteiger partial charge in [0.2, 0.25) is 0 Å². The van der Waals surface area contributed by atoms with E-state index >= 15 is 0 Å². The Morgan fingerprint density at radius 3 is 2.75 bits per heavy atom. The van der Waals surface area contributed by atoms with Gasteiger partial charge < -0.3 is 25.0 Å². The summed E-state index contributed by atoms with van der Waals surface area (Å²) in [7, 11) is 1.69. The Labute approximate surface area is 170 Å². The number of aliphatic imine (C=N–C) groups is 1. The van der Waals surface area contributed by atoms with E-state index < -0.39 is 0 Å². The number of methoxy groups -OCH3 is 1. The molecule has 1 atom stereocenters. The lowest BCUT2D eigenvalue weighted by atomic mass is 10.1. The highest BCUT2D eigenvalue weighted by Crippen LogP contribution is 2.23. The lowest BCUT2D eigenvalue weighted by molar-refractivity contribution is 0.0690. The molecule has 1 aromatic carbocycles. The molecule has 0 aliphatic carbocycles. The van der Waals surface area contributed by atoms with Crippen molar-refractivity contribution in [1.82, 2.24) is 10.6 Å². The van der Waals surface area contributed by atoms with Crippen LogP contribution in [0.15, 0.2) is 29.3 Å². The minimum Gasteiger partial charge on any atom is -0.382 e. The quantitative estimate of drug-likeness (QED) is 0.326. The molecular formula is C22H38N4O2. The smallest absolute Gasteiger partial charge is 0.191 e. The molecule has 28 heavy (non-hydrogen) atoms. The van der Waals surface area contributed by atoms with E-state index in [0.29, 0.717) is 13.2 Å². The van der Waals surface area contributed by atoms with Gasteiger partial charge in [-0.2, -0.15) is 0 Å². The van der Waals surface area contributed by atoms with Gasteiger partial charge in [0.15, 0.2) is 5.96 Å². The van der Waals surface area contributed by atoms with Crippen molar-refractivity contribution >= 4 is 11.6 Å². The number of benzene rings is 1. The number of unbranched alkanes of at least 4 members (excludes halogenated alkanes) is 1. The van der Waals surface area contributed by atoms with Crippen molar-refractivity contribution in [3.05, 3.63) is 29.8 Å². The van der Waals surface area contributed by atoms with Crippen LogP contribution in [0, 0.1) is 0 Å². The summed E-state index contributed by atoms with van der Waals surface area (Å²) >= 11 is 0. The zero-order valence-electron chi connectivity index (χ0n) is 17.9. The molecule has 158 valence electrons. The third-order valence-corrected chi connectivity index (χ3v) is 4.94. The van der Waals surface area contributed by atoms with Gasteiger partial charge in [-0.1, -0.05) is 12.1 Å². The van der Waals surface area contributed by atoms with E-state index in [1.54, 1.807) is 7.11 Å². The van der Waals surface area contributed by atoms with Crippen LogP contribution in [0.25, 0.3) is 0 Å². The van der Waals surface area contributed by atoms with Crippen LogP contribution in [0.3, 0.4) is 0 Å². The van der Waals surface area contributed by atoms with E-state index in [0.717, 1.165) is 38.5 Å². The fourth-order valence-corrected chi connectivity index (χ4v) is 3.33. The molecule has 1 heterocycles. The fourth-order valence-electron chi connectivity index (χ4n) is 3.33. The van der Waals surface area contributed by atoms with Crippen molar-refractivity contribution < 1.29 is 9.47 Å². The SMILES string of the molecule is CCNC(=NCCCCOCCOC)NC(C)c1cccc(N2CCCC2)c1. The van der Waals surface area contributed by atoms with Crippen LogP contribution in [-0.2, 0) is 9.47 Å². The number of nitrogens with zero attached hydrogens (tertiary/aromatic N) is 2. The molecule has 0 saturated carbocycles. The van der Waals surface area contributed by atoms with Crippen molar-refractivity contribution in [3.63, 3.8) is 0 Å². The summed E-state index contributed by atoms with van der Waals surface area (Å²) in [5.41, 5.74) is 2.63. The molecule has 1 aliphatic rings. The van der Waals surface area contributed by atoms with Crippen LogP contribution in [0.1, 0.15) is 51.1 Å². The van der Waals surface area contributed by atoms with E-state index in [1.807, 2.05) is 0 Å². The number of hydrogen-bond donors (Lipinski definition) is 2. The van der Waals surface area contributed by atoms with E-state index in [1.165, 1.54) is 37.2 Å². The molecule has 1 aromatic rings. The Morgan fingerprint density at radius 2 is 2.00 bits per heavy atom. The number of ether oxygens (including phenoxy) is 2. The largest absolute Gasteiger partial charge is 0.382 e. The molecule has 1 unspecified atom stereocenters. The molecule has 2 rings (SSSR count). The lowest BCUT2D eigenvalue weighted by Crippen LogP contribution is -2.38. The zero-order chi connectivity index (χ0) is 20.0. The summed E-state index contributed by atoms with van der Waals surface area (Å²) in [6.45, 7) is 10.4. The second kappa shape index (κ2) is 13.4. The Balaban J connectivity index is 1.80. The number of guanidine groups is 1. The number of anilines is 1. The van der Waals surface area contributed by atoms with E-state index in [9.17, 15) is 0 Å². The Hall–Kier alpha value is -1.79. The maximum absolute atomic E-state index is 5.50. The third kappa shape index (κ3) is 8.07. The van der Waals surface area contributed by atoms with Gasteiger partial charge in [-0.3, -0.25) is 4.99 Å². The molecule has 0 radical (unpaired) electrons. The number of nitrogens with one attached hydrogen (secondary N) is 2. The summed E-state index contributed by atoms with van der Waals surface area (Å²) < 4.78 is 10.5. The normalized spacial score (nSPS) is 15.7. The minimum atomic E-state index is 0.206. The van der Waals surface area contributed by atoms with Gasteiger partial charge in [0.1, 0.15) is 0 Å². The first kappa shape index (κ1) is 22.5. The summed E-state index contributed by atoms with van der Waals surface area (Å²) in [5, 5.41) is 6.90. The molecule has 6 nitrogen and oxygen atoms in total. The fraction of sp³-hybridized carbons (Fsp3) is 0.682. The third-order valence-electron chi connectivity index (χ3n) is 4.94. The van der Waals surface area contributed by atoms with E-state index in [2.05, 4.69) is 53.6 Å². The monoisotopic (exact) mass is 390 g/mol. The van der Waals surface area contributed by atoms with Crippen LogP contribution >= 0.6 is 0 Å². The molecule has 1 saturated heterocycles. The van der Waals surface area contributed by atoms with Crippen molar-refractivity contribution in [1.29, 1.82) is 0 Å². The number of hydrogen-bond acceptors (Lipinski definition) is 4. The van der Waals surface area contributed by atoms with Crippen molar-refractivity contribution in [2.24, 2.45) is 4.99 Å². The second-order valence-electron chi connectivity index (χ2n) is 7.23. The highest BCUT2D eigenvalue weighted by atomic mass is 16.5. The standard InChI is InChI=1S/C22H38N4O2/c1-4-23-22(24-12-5-8-15-28-17-16-27-3)25-19(2)20-10-9-11-21(18-20)26-13-6-7-14-26/h9-11,18-19H,4-8,12-17H2,1-3H3,(H2,23,24,25). The average Bonchev–Trinajstić information content (AvgIpc) is 3.25. The first-order valence-electron chi connectivity index (χ1n) is 10.7. The van der Waals surface area contributed by atoms with E-state index in [-0.39, 0.29) is 6.04 Å². The first-order chi connectivity index (χ1) is 13.7. The molecule has 0 aromatic heterocycles. The summed E-state index contributed by atoms with van der Waals surface area (Å²) in [4.78, 5) is 7.19. The predicted octanol–water partition coefficient (Wildman–Crippen LogP) is 3.35. The molecule has 0 amide bonds. The molecule has 2 N–H and O–H groups in total. The summed E-state index contributed by atoms with van der Waals surface area (Å²) in [5.74, 6) is 0.877. The van der Waals surface area contributed by atoms with Gasteiger partial charge in [-0.05, 0) is 57.2 Å². The molecular weight excluding hydrogens is 352 g/mol. The Morgan fingerprint density at radius 1 is 1.18 bits per heavy atom. The molecule has 1 aliphatic heterocycles.